The highest BCUT2D eigenvalue weighted by Crippen LogP contribution is 2.27. The molecule has 0 saturated heterocycles. The molecule has 1 aliphatic carbocycles. The van der Waals surface area contributed by atoms with E-state index in [4.69, 9.17) is 0 Å². The first-order valence-corrected chi connectivity index (χ1v) is 5.13. The van der Waals surface area contributed by atoms with Gasteiger partial charge in [-0.05, 0) is 32.7 Å². The largest absolute Gasteiger partial charge is 0.311 e. The van der Waals surface area contributed by atoms with Gasteiger partial charge in [-0.15, -0.1) is 6.58 Å². The van der Waals surface area contributed by atoms with Gasteiger partial charge in [-0.25, -0.2) is 0 Å². The van der Waals surface area contributed by atoms with Crippen molar-refractivity contribution >= 4 is 0 Å². The Hall–Kier alpha value is -0.300. The standard InChI is InChI=1S/C11H21N/c1-3-4-10-12-11(2)8-6-5-7-9-11/h3,12H,1,4-10H2,2H3. The molecule has 0 amide bonds. The van der Waals surface area contributed by atoms with Gasteiger partial charge in [0.15, 0.2) is 0 Å². The van der Waals surface area contributed by atoms with Crippen molar-refractivity contribution in [1.82, 2.24) is 5.32 Å². The van der Waals surface area contributed by atoms with Gasteiger partial charge in [-0.2, -0.15) is 0 Å². The van der Waals surface area contributed by atoms with Crippen molar-refractivity contribution in [2.75, 3.05) is 6.54 Å². The summed E-state index contributed by atoms with van der Waals surface area (Å²) in [5.74, 6) is 0. The van der Waals surface area contributed by atoms with Crippen LogP contribution < -0.4 is 5.32 Å². The average molecular weight is 167 g/mol. The van der Waals surface area contributed by atoms with Crippen molar-refractivity contribution in [1.29, 1.82) is 0 Å². The first-order chi connectivity index (χ1) is 5.77. The van der Waals surface area contributed by atoms with Crippen LogP contribution in [0.1, 0.15) is 45.4 Å². The Kier molecular flexibility index (Phi) is 3.80. The molecule has 1 saturated carbocycles. The molecule has 0 bridgehead atoms. The molecule has 1 heteroatoms. The summed E-state index contributed by atoms with van der Waals surface area (Å²) in [6.45, 7) is 7.18. The highest BCUT2D eigenvalue weighted by Gasteiger charge is 2.24. The summed E-state index contributed by atoms with van der Waals surface area (Å²) in [5, 5.41) is 3.63. The van der Waals surface area contributed by atoms with Crippen LogP contribution in [0.25, 0.3) is 0 Å². The minimum atomic E-state index is 0.432. The lowest BCUT2D eigenvalue weighted by Crippen LogP contribution is -2.44. The molecule has 0 aromatic rings. The van der Waals surface area contributed by atoms with Crippen molar-refractivity contribution in [3.8, 4) is 0 Å². The van der Waals surface area contributed by atoms with E-state index >= 15 is 0 Å². The molecule has 0 spiro atoms. The number of rotatable bonds is 4. The third-order valence-electron chi connectivity index (χ3n) is 2.86. The minimum Gasteiger partial charge on any atom is -0.311 e. The zero-order valence-electron chi connectivity index (χ0n) is 8.23. The van der Waals surface area contributed by atoms with Crippen LogP contribution in [0.3, 0.4) is 0 Å². The van der Waals surface area contributed by atoms with Crippen LogP contribution in [0.5, 0.6) is 0 Å². The van der Waals surface area contributed by atoms with E-state index < -0.39 is 0 Å². The smallest absolute Gasteiger partial charge is 0.0153 e. The number of hydrogen-bond donors (Lipinski definition) is 1. The number of hydrogen-bond acceptors (Lipinski definition) is 1. The summed E-state index contributed by atoms with van der Waals surface area (Å²) >= 11 is 0. The zero-order valence-corrected chi connectivity index (χ0v) is 8.23. The molecule has 12 heavy (non-hydrogen) atoms. The van der Waals surface area contributed by atoms with E-state index in [1.807, 2.05) is 6.08 Å². The average Bonchev–Trinajstić information content (AvgIpc) is 2.06. The summed E-state index contributed by atoms with van der Waals surface area (Å²) in [5.41, 5.74) is 0.432. The third kappa shape index (κ3) is 2.98. The van der Waals surface area contributed by atoms with Crippen LogP contribution in [0, 0.1) is 0 Å². The van der Waals surface area contributed by atoms with E-state index in [1.165, 1.54) is 32.1 Å². The summed E-state index contributed by atoms with van der Waals surface area (Å²) < 4.78 is 0. The quantitative estimate of drug-likeness (QED) is 0.501. The molecule has 1 fully saturated rings. The second kappa shape index (κ2) is 4.66. The Morgan fingerprint density at radius 2 is 2.00 bits per heavy atom. The van der Waals surface area contributed by atoms with Crippen LogP contribution in [0.4, 0.5) is 0 Å². The highest BCUT2D eigenvalue weighted by atomic mass is 15.0. The second-order valence-corrected chi connectivity index (χ2v) is 4.13. The molecule has 1 N–H and O–H groups in total. The molecule has 1 rings (SSSR count). The fourth-order valence-corrected chi connectivity index (χ4v) is 1.98. The molecule has 0 heterocycles. The lowest BCUT2D eigenvalue weighted by molar-refractivity contribution is 0.257. The topological polar surface area (TPSA) is 12.0 Å². The molecular weight excluding hydrogens is 146 g/mol. The van der Waals surface area contributed by atoms with Gasteiger partial charge in [0.2, 0.25) is 0 Å². The molecule has 0 aromatic heterocycles. The molecule has 0 atom stereocenters. The fraction of sp³-hybridized carbons (Fsp3) is 0.818. The van der Waals surface area contributed by atoms with Crippen molar-refractivity contribution < 1.29 is 0 Å². The molecule has 0 aromatic carbocycles. The van der Waals surface area contributed by atoms with Crippen LogP contribution >= 0.6 is 0 Å². The Morgan fingerprint density at radius 3 is 2.58 bits per heavy atom. The SMILES string of the molecule is C=CCCNC1(C)CCCCC1. The molecule has 70 valence electrons. The minimum absolute atomic E-state index is 0.432. The highest BCUT2D eigenvalue weighted by molar-refractivity contribution is 4.86. The van der Waals surface area contributed by atoms with Gasteiger partial charge in [0.25, 0.3) is 0 Å². The summed E-state index contributed by atoms with van der Waals surface area (Å²) in [4.78, 5) is 0. The van der Waals surface area contributed by atoms with Gasteiger partial charge in [0.1, 0.15) is 0 Å². The van der Waals surface area contributed by atoms with Gasteiger partial charge >= 0.3 is 0 Å². The fourth-order valence-electron chi connectivity index (χ4n) is 1.98. The molecule has 0 unspecified atom stereocenters. The van der Waals surface area contributed by atoms with Crippen LogP contribution in [-0.2, 0) is 0 Å². The predicted molar refractivity (Wildman–Crippen MR) is 54.3 cm³/mol. The summed E-state index contributed by atoms with van der Waals surface area (Å²) in [6.07, 6.45) is 10.0. The Balaban J connectivity index is 2.21. The lowest BCUT2D eigenvalue weighted by atomic mass is 9.83. The first-order valence-electron chi connectivity index (χ1n) is 5.13. The van der Waals surface area contributed by atoms with E-state index in [2.05, 4.69) is 18.8 Å². The molecule has 0 radical (unpaired) electrons. The van der Waals surface area contributed by atoms with Crippen molar-refractivity contribution in [3.63, 3.8) is 0 Å². The lowest BCUT2D eigenvalue weighted by Gasteiger charge is -2.34. The van der Waals surface area contributed by atoms with Crippen molar-refractivity contribution in [3.05, 3.63) is 12.7 Å². The van der Waals surface area contributed by atoms with E-state index in [9.17, 15) is 0 Å². The molecular formula is C11H21N. The monoisotopic (exact) mass is 167 g/mol. The zero-order chi connectivity index (χ0) is 8.86. The van der Waals surface area contributed by atoms with Gasteiger partial charge in [0, 0.05) is 5.54 Å². The normalized spacial score (nSPS) is 22.1. The van der Waals surface area contributed by atoms with Gasteiger partial charge < -0.3 is 5.32 Å². The second-order valence-electron chi connectivity index (χ2n) is 4.13. The Morgan fingerprint density at radius 1 is 1.33 bits per heavy atom. The van der Waals surface area contributed by atoms with Crippen molar-refractivity contribution in [2.45, 2.75) is 51.0 Å². The maximum atomic E-state index is 3.73. The maximum Gasteiger partial charge on any atom is 0.0153 e. The Bertz CT molecular complexity index is 134. The van der Waals surface area contributed by atoms with Gasteiger partial charge in [0.05, 0.1) is 0 Å². The van der Waals surface area contributed by atoms with Crippen LogP contribution in [-0.4, -0.2) is 12.1 Å². The van der Waals surface area contributed by atoms with Crippen LogP contribution in [0.2, 0.25) is 0 Å². The molecule has 0 aliphatic heterocycles. The first kappa shape index (κ1) is 9.79. The van der Waals surface area contributed by atoms with E-state index in [0.717, 1.165) is 13.0 Å². The third-order valence-corrected chi connectivity index (χ3v) is 2.86. The number of nitrogens with one attached hydrogen (secondary N) is 1. The van der Waals surface area contributed by atoms with Crippen molar-refractivity contribution in [2.24, 2.45) is 0 Å². The van der Waals surface area contributed by atoms with E-state index in [1.54, 1.807) is 0 Å². The Labute approximate surface area is 76.2 Å². The summed E-state index contributed by atoms with van der Waals surface area (Å²) in [6, 6.07) is 0. The molecule has 1 aliphatic rings. The van der Waals surface area contributed by atoms with Crippen LogP contribution in [0.15, 0.2) is 12.7 Å². The maximum absolute atomic E-state index is 3.73. The molecule has 1 nitrogen and oxygen atoms in total. The van der Waals surface area contributed by atoms with Gasteiger partial charge in [-0.1, -0.05) is 25.3 Å². The van der Waals surface area contributed by atoms with E-state index in [0.29, 0.717) is 5.54 Å². The van der Waals surface area contributed by atoms with Gasteiger partial charge in [-0.3, -0.25) is 0 Å². The van der Waals surface area contributed by atoms with E-state index in [-0.39, 0.29) is 0 Å². The predicted octanol–water partition coefficient (Wildman–Crippen LogP) is 2.87. The summed E-state index contributed by atoms with van der Waals surface area (Å²) in [7, 11) is 0.